The fourth-order valence-electron chi connectivity index (χ4n) is 1.40. The van der Waals surface area contributed by atoms with Crippen LogP contribution in [0.2, 0.25) is 0 Å². The molecule has 106 valence electrons. The molecule has 0 fully saturated rings. The van der Waals surface area contributed by atoms with Crippen LogP contribution in [0.4, 0.5) is 5.82 Å². The second-order valence-corrected chi connectivity index (χ2v) is 6.58. The van der Waals surface area contributed by atoms with Crippen molar-refractivity contribution in [3.63, 3.8) is 0 Å². The summed E-state index contributed by atoms with van der Waals surface area (Å²) in [4.78, 5) is 15.8. The lowest BCUT2D eigenvalue weighted by atomic mass is 10.2. The molecule has 0 aliphatic rings. The maximum Gasteiger partial charge on any atom is 0.251 e. The van der Waals surface area contributed by atoms with Gasteiger partial charge in [0.05, 0.1) is 5.75 Å². The smallest absolute Gasteiger partial charge is 0.251 e. The number of hydrogen-bond acceptors (Lipinski definition) is 5. The van der Waals surface area contributed by atoms with Crippen molar-refractivity contribution in [1.29, 1.82) is 0 Å². The third kappa shape index (κ3) is 4.49. The Labute approximate surface area is 112 Å². The number of nitrogen functional groups attached to an aromatic ring is 1. The summed E-state index contributed by atoms with van der Waals surface area (Å²) in [5.41, 5.74) is 6.54. The second-order valence-electron chi connectivity index (χ2n) is 4.28. The zero-order valence-electron chi connectivity index (χ0n) is 11.2. The molecule has 0 radical (unpaired) electrons. The zero-order chi connectivity index (χ0) is 14.6. The first-order chi connectivity index (χ1) is 8.72. The Morgan fingerprint density at radius 2 is 2.05 bits per heavy atom. The van der Waals surface area contributed by atoms with E-state index < -0.39 is 10.0 Å². The maximum atomic E-state index is 11.8. The molecule has 0 saturated heterocycles. The van der Waals surface area contributed by atoms with Crippen LogP contribution >= 0.6 is 0 Å². The number of aryl methyl sites for hydroxylation is 1. The van der Waals surface area contributed by atoms with Gasteiger partial charge in [-0.2, -0.15) is 0 Å². The number of carbonyl (C=O) groups excluding carboxylic acids is 1. The summed E-state index contributed by atoms with van der Waals surface area (Å²) in [5.74, 6) is -0.261. The molecule has 1 aromatic heterocycles. The first-order valence-electron chi connectivity index (χ1n) is 5.65. The Hall–Kier alpha value is -1.67. The highest BCUT2D eigenvalue weighted by molar-refractivity contribution is 7.89. The topological polar surface area (TPSA) is 105 Å². The molecule has 1 aromatic rings. The van der Waals surface area contributed by atoms with Crippen LogP contribution in [0.5, 0.6) is 0 Å². The first-order valence-corrected chi connectivity index (χ1v) is 7.26. The van der Waals surface area contributed by atoms with E-state index in [9.17, 15) is 13.2 Å². The van der Waals surface area contributed by atoms with Crippen molar-refractivity contribution in [2.24, 2.45) is 0 Å². The number of pyridine rings is 1. The average Bonchev–Trinajstić information content (AvgIpc) is 2.27. The molecule has 3 N–H and O–H groups in total. The number of hydrogen-bond donors (Lipinski definition) is 2. The Bertz CT molecular complexity index is 549. The van der Waals surface area contributed by atoms with Crippen molar-refractivity contribution in [3.05, 3.63) is 23.4 Å². The molecule has 1 amide bonds. The van der Waals surface area contributed by atoms with E-state index in [-0.39, 0.29) is 24.0 Å². The molecule has 0 aliphatic carbocycles. The van der Waals surface area contributed by atoms with Crippen LogP contribution in [0.3, 0.4) is 0 Å². The van der Waals surface area contributed by atoms with E-state index in [1.165, 1.54) is 20.2 Å². The summed E-state index contributed by atoms with van der Waals surface area (Å²) in [6, 6.07) is 3.04. The number of aromatic nitrogens is 1. The lowest BCUT2D eigenvalue weighted by molar-refractivity contribution is 0.0956. The number of nitrogens with zero attached hydrogens (tertiary/aromatic N) is 2. The normalized spacial score (nSPS) is 11.6. The van der Waals surface area contributed by atoms with E-state index in [0.717, 1.165) is 4.31 Å². The van der Waals surface area contributed by atoms with Gasteiger partial charge in [0.2, 0.25) is 10.0 Å². The third-order valence-corrected chi connectivity index (χ3v) is 4.27. The van der Waals surface area contributed by atoms with Gasteiger partial charge in [-0.25, -0.2) is 17.7 Å². The highest BCUT2D eigenvalue weighted by Gasteiger charge is 2.14. The minimum absolute atomic E-state index is 0.0423. The van der Waals surface area contributed by atoms with Crippen molar-refractivity contribution in [2.45, 2.75) is 6.92 Å². The Morgan fingerprint density at radius 3 is 2.58 bits per heavy atom. The zero-order valence-corrected chi connectivity index (χ0v) is 12.0. The molecule has 0 unspecified atom stereocenters. The van der Waals surface area contributed by atoms with Crippen LogP contribution in [0.25, 0.3) is 0 Å². The Balaban J connectivity index is 2.62. The predicted octanol–water partition coefficient (Wildman–Crippen LogP) is -0.407. The average molecular weight is 286 g/mol. The number of nitrogens with one attached hydrogen (secondary N) is 1. The molecule has 1 heterocycles. The lowest BCUT2D eigenvalue weighted by Crippen LogP contribution is -2.34. The number of amides is 1. The summed E-state index contributed by atoms with van der Waals surface area (Å²) in [7, 11) is -0.414. The van der Waals surface area contributed by atoms with Crippen LogP contribution in [0.15, 0.2) is 12.1 Å². The molecule has 0 atom stereocenters. The van der Waals surface area contributed by atoms with Gasteiger partial charge in [0.15, 0.2) is 0 Å². The van der Waals surface area contributed by atoms with E-state index in [2.05, 4.69) is 10.3 Å². The molecule has 8 heteroatoms. The van der Waals surface area contributed by atoms with Crippen molar-refractivity contribution >= 4 is 21.7 Å². The number of sulfonamides is 1. The number of anilines is 1. The molecule has 0 bridgehead atoms. The first kappa shape index (κ1) is 15.4. The van der Waals surface area contributed by atoms with Crippen LogP contribution < -0.4 is 11.1 Å². The molecule has 0 spiro atoms. The monoisotopic (exact) mass is 286 g/mol. The fourth-order valence-corrected chi connectivity index (χ4v) is 2.13. The molecule has 7 nitrogen and oxygen atoms in total. The SMILES string of the molecule is Cc1cc(C(=O)NCCS(=O)(=O)N(C)C)cc(N)n1. The molecule has 0 aliphatic heterocycles. The van der Waals surface area contributed by atoms with E-state index >= 15 is 0 Å². The summed E-state index contributed by atoms with van der Waals surface area (Å²) in [6.45, 7) is 1.77. The van der Waals surface area contributed by atoms with Crippen LogP contribution in [-0.2, 0) is 10.0 Å². The highest BCUT2D eigenvalue weighted by Crippen LogP contribution is 2.06. The van der Waals surface area contributed by atoms with Crippen LogP contribution in [0.1, 0.15) is 16.1 Å². The molecule has 0 aromatic carbocycles. The number of carbonyl (C=O) groups is 1. The van der Waals surface area contributed by atoms with Gasteiger partial charge in [0.25, 0.3) is 5.91 Å². The predicted molar refractivity (Wildman–Crippen MR) is 73.2 cm³/mol. The molecule has 0 saturated carbocycles. The van der Waals surface area contributed by atoms with Gasteiger partial charge in [-0.3, -0.25) is 4.79 Å². The highest BCUT2D eigenvalue weighted by atomic mass is 32.2. The lowest BCUT2D eigenvalue weighted by Gasteiger charge is -2.11. The summed E-state index contributed by atoms with van der Waals surface area (Å²) in [6.07, 6.45) is 0. The standard InChI is InChI=1S/C11H18N4O3S/c1-8-6-9(7-10(12)14-8)11(16)13-4-5-19(17,18)15(2)3/h6-7H,4-5H2,1-3H3,(H2,12,14)(H,13,16). The van der Waals surface area contributed by atoms with E-state index in [4.69, 9.17) is 5.73 Å². The van der Waals surface area contributed by atoms with Gasteiger partial charge in [-0.15, -0.1) is 0 Å². The number of nitrogens with two attached hydrogens (primary N) is 1. The van der Waals surface area contributed by atoms with E-state index in [1.807, 2.05) is 0 Å². The molecule has 19 heavy (non-hydrogen) atoms. The van der Waals surface area contributed by atoms with Crippen LogP contribution in [-0.4, -0.2) is 50.0 Å². The quantitative estimate of drug-likeness (QED) is 0.765. The molecular weight excluding hydrogens is 268 g/mol. The van der Waals surface area contributed by atoms with E-state index in [0.29, 0.717) is 11.3 Å². The Kier molecular flexibility index (Phi) is 4.84. The molecule has 1 rings (SSSR count). The third-order valence-electron chi connectivity index (χ3n) is 2.44. The minimum atomic E-state index is -3.31. The van der Waals surface area contributed by atoms with Crippen molar-refractivity contribution < 1.29 is 13.2 Å². The minimum Gasteiger partial charge on any atom is -0.384 e. The van der Waals surface area contributed by atoms with Crippen molar-refractivity contribution in [2.75, 3.05) is 32.1 Å². The maximum absolute atomic E-state index is 11.8. The molecular formula is C11H18N4O3S. The van der Waals surface area contributed by atoms with Gasteiger partial charge < -0.3 is 11.1 Å². The van der Waals surface area contributed by atoms with Crippen molar-refractivity contribution in [1.82, 2.24) is 14.6 Å². The van der Waals surface area contributed by atoms with E-state index in [1.54, 1.807) is 13.0 Å². The van der Waals surface area contributed by atoms with Gasteiger partial charge in [-0.1, -0.05) is 0 Å². The van der Waals surface area contributed by atoms with Gasteiger partial charge in [0, 0.05) is 31.9 Å². The van der Waals surface area contributed by atoms with Gasteiger partial charge in [0.1, 0.15) is 5.82 Å². The van der Waals surface area contributed by atoms with Gasteiger partial charge in [-0.05, 0) is 19.1 Å². The summed E-state index contributed by atoms with van der Waals surface area (Å²) >= 11 is 0. The number of rotatable bonds is 5. The summed E-state index contributed by atoms with van der Waals surface area (Å²) in [5, 5.41) is 2.54. The van der Waals surface area contributed by atoms with Crippen LogP contribution in [0, 0.1) is 6.92 Å². The Morgan fingerprint density at radius 1 is 1.42 bits per heavy atom. The second kappa shape index (κ2) is 5.98. The summed E-state index contributed by atoms with van der Waals surface area (Å²) < 4.78 is 24.1. The van der Waals surface area contributed by atoms with Gasteiger partial charge >= 0.3 is 0 Å². The van der Waals surface area contributed by atoms with Crippen molar-refractivity contribution in [3.8, 4) is 0 Å². The largest absolute Gasteiger partial charge is 0.384 e. The fraction of sp³-hybridized carbons (Fsp3) is 0.455.